The molecule has 2 rings (SSSR count). The van der Waals surface area contributed by atoms with Crippen LogP contribution in [0, 0.1) is 0 Å². The molecule has 0 aromatic carbocycles. The number of nitrogens with zero attached hydrogens (tertiary/aromatic N) is 3. The predicted molar refractivity (Wildman–Crippen MR) is 77.6 cm³/mol. The summed E-state index contributed by atoms with van der Waals surface area (Å²) in [5, 5.41) is 0. The van der Waals surface area contributed by atoms with Crippen LogP contribution in [0.15, 0.2) is 14.4 Å². The summed E-state index contributed by atoms with van der Waals surface area (Å²) < 4.78 is 3.56. The number of carbonyl (C=O) groups excluding carboxylic acids is 1. The molecule has 2 heterocycles. The fourth-order valence-corrected chi connectivity index (χ4v) is 2.32. The lowest BCUT2D eigenvalue weighted by atomic mass is 10.2. The molecule has 2 aromatic heterocycles. The molecule has 0 aliphatic heterocycles. The summed E-state index contributed by atoms with van der Waals surface area (Å²) in [7, 11) is 2.99. The Morgan fingerprint density at radius 2 is 1.76 bits per heavy atom. The highest BCUT2D eigenvalue weighted by atomic mass is 16.2. The van der Waals surface area contributed by atoms with Crippen molar-refractivity contribution in [2.45, 2.75) is 32.7 Å². The molecule has 0 fully saturated rings. The van der Waals surface area contributed by atoms with Crippen molar-refractivity contribution < 1.29 is 4.79 Å². The Bertz CT molecular complexity index is 865. The number of rotatable bonds is 5. The Hall–Kier alpha value is -2.38. The first-order chi connectivity index (χ1) is 9.84. The number of carbonyl (C=O) groups is 1. The number of imidazole rings is 1. The van der Waals surface area contributed by atoms with Gasteiger partial charge in [-0.1, -0.05) is 0 Å². The van der Waals surface area contributed by atoms with E-state index >= 15 is 0 Å². The van der Waals surface area contributed by atoms with Gasteiger partial charge in [0.15, 0.2) is 5.52 Å². The number of nitrogens with one attached hydrogen (secondary N) is 1. The van der Waals surface area contributed by atoms with Crippen LogP contribution in [-0.4, -0.2) is 24.5 Å². The second-order valence-corrected chi connectivity index (χ2v) is 5.14. The van der Waals surface area contributed by atoms with Crippen LogP contribution in [-0.2, 0) is 25.4 Å². The van der Waals surface area contributed by atoms with E-state index < -0.39 is 16.9 Å². The topological polar surface area (TPSA) is 98.9 Å². The highest BCUT2D eigenvalue weighted by molar-refractivity contribution is 5.75. The Morgan fingerprint density at radius 1 is 1.10 bits per heavy atom. The van der Waals surface area contributed by atoms with E-state index in [0.29, 0.717) is 19.3 Å². The fraction of sp³-hybridized carbons (Fsp3) is 0.538. The summed E-state index contributed by atoms with van der Waals surface area (Å²) in [5.41, 5.74) is -1.01. The van der Waals surface area contributed by atoms with E-state index in [4.69, 9.17) is 0 Å². The largest absolute Gasteiger partial charge is 0.332 e. The van der Waals surface area contributed by atoms with E-state index in [9.17, 15) is 19.2 Å². The van der Waals surface area contributed by atoms with Crippen LogP contribution >= 0.6 is 0 Å². The summed E-state index contributed by atoms with van der Waals surface area (Å²) in [6.07, 6.45) is 1.60. The molecule has 0 saturated carbocycles. The Labute approximate surface area is 119 Å². The van der Waals surface area contributed by atoms with Gasteiger partial charge in [0.1, 0.15) is 11.4 Å². The normalized spacial score (nSPS) is 11.2. The van der Waals surface area contributed by atoms with Crippen molar-refractivity contribution in [3.05, 3.63) is 31.3 Å². The van der Waals surface area contributed by atoms with E-state index in [-0.39, 0.29) is 23.5 Å². The third kappa shape index (κ3) is 2.61. The number of H-pyrrole nitrogens is 1. The molecule has 0 aliphatic carbocycles. The number of hydrogen-bond donors (Lipinski definition) is 1. The van der Waals surface area contributed by atoms with Gasteiger partial charge in [-0.15, -0.1) is 0 Å². The molecule has 0 unspecified atom stereocenters. The van der Waals surface area contributed by atoms with Crippen LogP contribution in [0.25, 0.3) is 11.2 Å². The number of aromatic nitrogens is 4. The summed E-state index contributed by atoms with van der Waals surface area (Å²) in [6, 6.07) is 0. The van der Waals surface area contributed by atoms with Gasteiger partial charge in [0.25, 0.3) is 5.56 Å². The molecule has 0 bridgehead atoms. The van der Waals surface area contributed by atoms with Gasteiger partial charge in [-0.05, 0) is 19.8 Å². The highest BCUT2D eigenvalue weighted by Gasteiger charge is 2.15. The molecule has 0 radical (unpaired) electrons. The number of hydrogen-bond acceptors (Lipinski definition) is 4. The molecule has 0 atom stereocenters. The molecule has 0 aliphatic rings. The van der Waals surface area contributed by atoms with Gasteiger partial charge in [-0.2, -0.15) is 0 Å². The van der Waals surface area contributed by atoms with Crippen molar-refractivity contribution in [3.8, 4) is 0 Å². The second kappa shape index (κ2) is 5.55. The Morgan fingerprint density at radius 3 is 2.38 bits per heavy atom. The van der Waals surface area contributed by atoms with Crippen LogP contribution in [0.5, 0.6) is 0 Å². The van der Waals surface area contributed by atoms with Gasteiger partial charge in [0.2, 0.25) is 0 Å². The smallest absolute Gasteiger partial charge is 0.300 e. The Kier molecular flexibility index (Phi) is 3.97. The third-order valence-electron chi connectivity index (χ3n) is 3.55. The number of aryl methyl sites for hydroxylation is 2. The van der Waals surface area contributed by atoms with Crippen LogP contribution in [0.1, 0.15) is 26.2 Å². The van der Waals surface area contributed by atoms with Gasteiger partial charge in [-0.3, -0.25) is 23.5 Å². The van der Waals surface area contributed by atoms with Gasteiger partial charge >= 0.3 is 11.4 Å². The molecule has 8 nitrogen and oxygen atoms in total. The number of fused-ring (bicyclic) bond motifs is 1. The molecular formula is C13H18N4O4. The van der Waals surface area contributed by atoms with Gasteiger partial charge < -0.3 is 4.79 Å². The zero-order valence-corrected chi connectivity index (χ0v) is 12.3. The SMILES string of the molecule is CC(=O)CCCCn1c(=O)c2c([nH]c(=O)n2C)n(C)c1=O. The van der Waals surface area contributed by atoms with Crippen LogP contribution < -0.4 is 16.9 Å². The summed E-state index contributed by atoms with van der Waals surface area (Å²) in [5.74, 6) is 0.0822. The number of aromatic amines is 1. The summed E-state index contributed by atoms with van der Waals surface area (Å²) in [4.78, 5) is 49.5. The fourth-order valence-electron chi connectivity index (χ4n) is 2.32. The minimum absolute atomic E-state index is 0.0822. The molecule has 21 heavy (non-hydrogen) atoms. The Balaban J connectivity index is 2.47. The van der Waals surface area contributed by atoms with E-state index in [1.165, 1.54) is 30.2 Å². The van der Waals surface area contributed by atoms with Gasteiger partial charge in [0, 0.05) is 27.1 Å². The molecule has 114 valence electrons. The quantitative estimate of drug-likeness (QED) is 0.750. The maximum Gasteiger partial charge on any atom is 0.332 e. The summed E-state index contributed by atoms with van der Waals surface area (Å²) >= 11 is 0. The van der Waals surface area contributed by atoms with E-state index in [0.717, 1.165) is 4.57 Å². The molecule has 0 saturated heterocycles. The van der Waals surface area contributed by atoms with Crippen LogP contribution in [0.2, 0.25) is 0 Å². The monoisotopic (exact) mass is 294 g/mol. The highest BCUT2D eigenvalue weighted by Crippen LogP contribution is 2.01. The van der Waals surface area contributed by atoms with Crippen molar-refractivity contribution >= 4 is 16.9 Å². The van der Waals surface area contributed by atoms with Gasteiger partial charge in [0.05, 0.1) is 0 Å². The molecule has 1 N–H and O–H groups in total. The van der Waals surface area contributed by atoms with Crippen molar-refractivity contribution in [1.29, 1.82) is 0 Å². The van der Waals surface area contributed by atoms with Crippen molar-refractivity contribution in [2.24, 2.45) is 14.1 Å². The third-order valence-corrected chi connectivity index (χ3v) is 3.55. The first kappa shape index (κ1) is 15.0. The number of ketones is 1. The van der Waals surface area contributed by atoms with Crippen LogP contribution in [0.4, 0.5) is 0 Å². The number of Topliss-reactive ketones (excluding diaryl/α,β-unsaturated/α-hetero) is 1. The first-order valence-electron chi connectivity index (χ1n) is 6.72. The minimum Gasteiger partial charge on any atom is -0.300 e. The molecule has 2 aromatic rings. The average Bonchev–Trinajstić information content (AvgIpc) is 2.71. The standard InChI is InChI=1S/C13H18N4O4/c1-8(18)6-4-5-7-17-11(19)9-10(16(3)13(17)21)14-12(20)15(9)2/h4-7H2,1-3H3,(H,14,20). The van der Waals surface area contributed by atoms with E-state index in [1.807, 2.05) is 0 Å². The van der Waals surface area contributed by atoms with Crippen molar-refractivity contribution in [2.75, 3.05) is 0 Å². The first-order valence-corrected chi connectivity index (χ1v) is 6.72. The van der Waals surface area contributed by atoms with Crippen molar-refractivity contribution in [1.82, 2.24) is 18.7 Å². The molecule has 0 amide bonds. The molecule has 0 spiro atoms. The van der Waals surface area contributed by atoms with E-state index in [1.54, 1.807) is 0 Å². The molecule has 8 heteroatoms. The lowest BCUT2D eigenvalue weighted by Crippen LogP contribution is -2.39. The maximum atomic E-state index is 12.4. The zero-order chi connectivity index (χ0) is 15.7. The van der Waals surface area contributed by atoms with Crippen molar-refractivity contribution in [3.63, 3.8) is 0 Å². The average molecular weight is 294 g/mol. The molecular weight excluding hydrogens is 276 g/mol. The lowest BCUT2D eigenvalue weighted by Gasteiger charge is -2.08. The minimum atomic E-state index is -0.489. The van der Waals surface area contributed by atoms with Gasteiger partial charge in [-0.25, -0.2) is 9.59 Å². The summed E-state index contributed by atoms with van der Waals surface area (Å²) in [6.45, 7) is 1.74. The van der Waals surface area contributed by atoms with Crippen LogP contribution in [0.3, 0.4) is 0 Å². The number of unbranched alkanes of at least 4 members (excludes halogenated alkanes) is 1. The van der Waals surface area contributed by atoms with E-state index in [2.05, 4.69) is 4.98 Å². The maximum absolute atomic E-state index is 12.4. The predicted octanol–water partition coefficient (Wildman–Crippen LogP) is -0.514. The zero-order valence-electron chi connectivity index (χ0n) is 12.3. The lowest BCUT2D eigenvalue weighted by molar-refractivity contribution is -0.117. The second-order valence-electron chi connectivity index (χ2n) is 5.14.